The van der Waals surface area contributed by atoms with Crippen LogP contribution in [-0.2, 0) is 20.1 Å². The Hall–Kier alpha value is -4.63. The van der Waals surface area contributed by atoms with E-state index in [0.717, 1.165) is 33.7 Å². The molecule has 0 saturated heterocycles. The maximum absolute atomic E-state index is 5.09. The molecule has 0 N–H and O–H groups in total. The molecule has 219 valence electrons. The fraction of sp³-hybridized carbons (Fsp3) is 0.100. The molecule has 0 saturated carbocycles. The number of aromatic nitrogens is 3. The molecule has 2 aromatic heterocycles. The van der Waals surface area contributed by atoms with Crippen molar-refractivity contribution in [3.05, 3.63) is 163 Å². The van der Waals surface area contributed by atoms with Crippen LogP contribution in [0.5, 0.6) is 0 Å². The van der Waals surface area contributed by atoms with Crippen LogP contribution in [0.15, 0.2) is 140 Å². The summed E-state index contributed by atoms with van der Waals surface area (Å²) in [6.45, 7) is 6.65. The molecule has 7 rings (SSSR count). The van der Waals surface area contributed by atoms with Gasteiger partial charge in [-0.2, -0.15) is 0 Å². The van der Waals surface area contributed by atoms with E-state index in [-0.39, 0.29) is 20.1 Å². The number of hydrogen-bond acceptors (Lipinski definition) is 2. The summed E-state index contributed by atoms with van der Waals surface area (Å²) in [5, 5.41) is 0. The third-order valence-electron chi connectivity index (χ3n) is 7.48. The molecule has 44 heavy (non-hydrogen) atoms. The Balaban J connectivity index is 0.000000248. The molecule has 0 aliphatic carbocycles. The number of rotatable bonds is 5. The predicted molar refractivity (Wildman–Crippen MR) is 178 cm³/mol. The van der Waals surface area contributed by atoms with Gasteiger partial charge in [0.25, 0.3) is 0 Å². The Morgan fingerprint density at radius 1 is 0.682 bits per heavy atom. The number of hydrogen-bond donors (Lipinski definition) is 0. The molecule has 0 atom stereocenters. The SMILES string of the molecule is Cc1cc2nc(-c3[c-]cccc3)n(-c3ccccc3C(C)C)c2cc1-c1ccccc1.[Ir].[c-]1ccccc1-c1ccccn1. The van der Waals surface area contributed by atoms with E-state index in [9.17, 15) is 0 Å². The number of nitrogens with zero attached hydrogens (tertiary/aromatic N) is 3. The summed E-state index contributed by atoms with van der Waals surface area (Å²) < 4.78 is 2.31. The number of benzene rings is 5. The molecule has 5 aromatic carbocycles. The molecule has 1 radical (unpaired) electrons. The van der Waals surface area contributed by atoms with E-state index < -0.39 is 0 Å². The van der Waals surface area contributed by atoms with Crippen LogP contribution in [0, 0.1) is 19.1 Å². The molecule has 0 spiro atoms. The zero-order valence-electron chi connectivity index (χ0n) is 25.0. The third kappa shape index (κ3) is 6.63. The van der Waals surface area contributed by atoms with Gasteiger partial charge in [0.2, 0.25) is 0 Å². The Morgan fingerprint density at radius 2 is 1.34 bits per heavy atom. The van der Waals surface area contributed by atoms with Gasteiger partial charge in [0, 0.05) is 32.0 Å². The average Bonchev–Trinajstić information content (AvgIpc) is 3.44. The molecule has 0 aliphatic heterocycles. The van der Waals surface area contributed by atoms with E-state index in [1.807, 2.05) is 60.7 Å². The van der Waals surface area contributed by atoms with Crippen LogP contribution in [-0.4, -0.2) is 14.5 Å². The van der Waals surface area contributed by atoms with Crippen molar-refractivity contribution < 1.29 is 20.1 Å². The maximum Gasteiger partial charge on any atom is 0.0777 e. The van der Waals surface area contributed by atoms with Crippen molar-refractivity contribution in [3.63, 3.8) is 0 Å². The van der Waals surface area contributed by atoms with Crippen molar-refractivity contribution in [2.24, 2.45) is 0 Å². The largest absolute Gasteiger partial charge is 0.333 e. The van der Waals surface area contributed by atoms with Gasteiger partial charge >= 0.3 is 0 Å². The van der Waals surface area contributed by atoms with Crippen LogP contribution in [0.1, 0.15) is 30.9 Å². The molecular formula is C40H33IrN3-2. The van der Waals surface area contributed by atoms with Crippen molar-refractivity contribution >= 4 is 11.0 Å². The second-order valence-electron chi connectivity index (χ2n) is 10.8. The van der Waals surface area contributed by atoms with Gasteiger partial charge < -0.3 is 9.55 Å². The number of para-hydroxylation sites is 1. The van der Waals surface area contributed by atoms with E-state index in [1.54, 1.807) is 6.20 Å². The molecule has 4 heteroatoms. The first-order valence-electron chi connectivity index (χ1n) is 14.6. The van der Waals surface area contributed by atoms with Crippen molar-refractivity contribution in [1.29, 1.82) is 0 Å². The predicted octanol–water partition coefficient (Wildman–Crippen LogP) is 10.1. The normalized spacial score (nSPS) is 10.6. The summed E-state index contributed by atoms with van der Waals surface area (Å²) in [6.07, 6.45) is 1.79. The molecule has 0 bridgehead atoms. The summed E-state index contributed by atoms with van der Waals surface area (Å²) in [6, 6.07) is 52.0. The monoisotopic (exact) mass is 748 g/mol. The minimum absolute atomic E-state index is 0. The number of fused-ring (bicyclic) bond motifs is 1. The van der Waals surface area contributed by atoms with Gasteiger partial charge in [-0.1, -0.05) is 74.5 Å². The molecule has 0 aliphatic rings. The van der Waals surface area contributed by atoms with Crippen molar-refractivity contribution in [2.45, 2.75) is 26.7 Å². The van der Waals surface area contributed by atoms with E-state index in [4.69, 9.17) is 4.98 Å². The van der Waals surface area contributed by atoms with Crippen molar-refractivity contribution in [3.8, 4) is 39.5 Å². The summed E-state index contributed by atoms with van der Waals surface area (Å²) >= 11 is 0. The molecule has 7 aromatic rings. The number of pyridine rings is 1. The Labute approximate surface area is 273 Å². The average molecular weight is 748 g/mol. The summed E-state index contributed by atoms with van der Waals surface area (Å²) in [5.41, 5.74) is 11.3. The summed E-state index contributed by atoms with van der Waals surface area (Å²) in [4.78, 5) is 9.30. The van der Waals surface area contributed by atoms with Gasteiger partial charge in [0.05, 0.1) is 16.9 Å². The van der Waals surface area contributed by atoms with Gasteiger partial charge in [-0.25, -0.2) is 0 Å². The van der Waals surface area contributed by atoms with Gasteiger partial charge in [0.15, 0.2) is 0 Å². The minimum Gasteiger partial charge on any atom is -0.333 e. The van der Waals surface area contributed by atoms with Gasteiger partial charge in [0.1, 0.15) is 0 Å². The Bertz CT molecular complexity index is 1890. The molecule has 3 nitrogen and oxygen atoms in total. The fourth-order valence-corrected chi connectivity index (χ4v) is 5.37. The fourth-order valence-electron chi connectivity index (χ4n) is 5.37. The minimum atomic E-state index is 0. The first-order valence-corrected chi connectivity index (χ1v) is 14.6. The van der Waals surface area contributed by atoms with Crippen LogP contribution in [0.3, 0.4) is 0 Å². The van der Waals surface area contributed by atoms with Gasteiger partial charge in [-0.15, -0.1) is 71.8 Å². The molecule has 0 fully saturated rings. The zero-order chi connectivity index (χ0) is 29.6. The summed E-state index contributed by atoms with van der Waals surface area (Å²) in [7, 11) is 0. The molecular weight excluding hydrogens is 715 g/mol. The molecule has 0 amide bonds. The van der Waals surface area contributed by atoms with E-state index >= 15 is 0 Å². The van der Waals surface area contributed by atoms with Crippen LogP contribution in [0.4, 0.5) is 0 Å². The van der Waals surface area contributed by atoms with Crippen molar-refractivity contribution in [1.82, 2.24) is 14.5 Å². The standard InChI is InChI=1S/C29H25N2.C11H8N.Ir/c1-20(2)24-16-10-11-17-27(24)31-28-19-25(22-12-6-4-7-13-22)21(3)18-26(28)30-29(31)23-14-8-5-9-15-23;1-2-6-10(7-3-1)11-8-4-5-9-12-11;/h4-14,16-20H,1-3H3;1-6,8-9H;/q2*-1;. The second kappa shape index (κ2) is 14.2. The van der Waals surface area contributed by atoms with E-state index in [2.05, 4.69) is 115 Å². The maximum atomic E-state index is 5.09. The Morgan fingerprint density at radius 3 is 2.00 bits per heavy atom. The third-order valence-corrected chi connectivity index (χ3v) is 7.48. The van der Waals surface area contributed by atoms with Crippen LogP contribution in [0.25, 0.3) is 50.5 Å². The topological polar surface area (TPSA) is 30.7 Å². The van der Waals surface area contributed by atoms with Crippen LogP contribution in [0.2, 0.25) is 0 Å². The van der Waals surface area contributed by atoms with E-state index in [1.165, 1.54) is 27.9 Å². The molecule has 2 heterocycles. The number of imidazole rings is 1. The van der Waals surface area contributed by atoms with Gasteiger partial charge in [-0.05, 0) is 65.1 Å². The van der Waals surface area contributed by atoms with Crippen LogP contribution < -0.4 is 0 Å². The summed E-state index contributed by atoms with van der Waals surface area (Å²) in [5.74, 6) is 1.33. The van der Waals surface area contributed by atoms with E-state index in [0.29, 0.717) is 5.92 Å². The first kappa shape index (κ1) is 30.8. The van der Waals surface area contributed by atoms with Crippen molar-refractivity contribution in [2.75, 3.05) is 0 Å². The quantitative estimate of drug-likeness (QED) is 0.164. The second-order valence-corrected chi connectivity index (χ2v) is 10.8. The first-order chi connectivity index (χ1) is 21.1. The van der Waals surface area contributed by atoms with Crippen LogP contribution >= 0.6 is 0 Å². The molecule has 0 unspecified atom stereocenters. The Kier molecular flexibility index (Phi) is 9.96. The number of aryl methyl sites for hydroxylation is 1. The smallest absolute Gasteiger partial charge is 0.0777 e. The zero-order valence-corrected chi connectivity index (χ0v) is 27.4. The van der Waals surface area contributed by atoms with Gasteiger partial charge in [-0.3, -0.25) is 4.98 Å².